The molecule has 0 aromatic heterocycles. The molecule has 1 aliphatic heterocycles. The molecule has 1 aromatic carbocycles. The topological polar surface area (TPSA) is 101 Å². The Bertz CT molecular complexity index is 682. The lowest BCUT2D eigenvalue weighted by molar-refractivity contribution is -0.139. The fourth-order valence-electron chi connectivity index (χ4n) is 2.43. The molecule has 1 heterocycles. The molecule has 1 fully saturated rings. The van der Waals surface area contributed by atoms with Crippen molar-refractivity contribution in [3.05, 3.63) is 29.8 Å². The fourth-order valence-corrected chi connectivity index (χ4v) is 3.31. The van der Waals surface area contributed by atoms with E-state index in [0.29, 0.717) is 18.7 Å². The molecule has 1 atom stereocenters. The molecule has 0 bridgehead atoms. The molecule has 7 nitrogen and oxygen atoms in total. The third kappa shape index (κ3) is 4.08. The molecule has 0 radical (unpaired) electrons. The van der Waals surface area contributed by atoms with Gasteiger partial charge in [-0.15, -0.1) is 0 Å². The quantitative estimate of drug-likeness (QED) is 0.850. The van der Waals surface area contributed by atoms with E-state index in [1.807, 2.05) is 0 Å². The van der Waals surface area contributed by atoms with Gasteiger partial charge < -0.3 is 14.7 Å². The van der Waals surface area contributed by atoms with Crippen molar-refractivity contribution < 1.29 is 27.9 Å². The zero-order valence-corrected chi connectivity index (χ0v) is 13.6. The monoisotopic (exact) mass is 341 g/mol. The minimum absolute atomic E-state index is 0.00948. The second-order valence-corrected chi connectivity index (χ2v) is 7.53. The lowest BCUT2D eigenvalue weighted by atomic mass is 10.1. The molecule has 0 saturated carbocycles. The van der Waals surface area contributed by atoms with Crippen LogP contribution >= 0.6 is 0 Å². The molecule has 126 valence electrons. The van der Waals surface area contributed by atoms with Crippen molar-refractivity contribution in [1.82, 2.24) is 4.90 Å². The zero-order chi connectivity index (χ0) is 17.0. The summed E-state index contributed by atoms with van der Waals surface area (Å²) < 4.78 is 28.8. The maximum Gasteiger partial charge on any atom is 0.305 e. The minimum atomic E-state index is -3.31. The van der Waals surface area contributed by atoms with Crippen LogP contribution in [-0.2, 0) is 19.4 Å². The van der Waals surface area contributed by atoms with E-state index in [2.05, 4.69) is 0 Å². The van der Waals surface area contributed by atoms with Crippen LogP contribution in [0.4, 0.5) is 0 Å². The van der Waals surface area contributed by atoms with Gasteiger partial charge in [0.1, 0.15) is 0 Å². The van der Waals surface area contributed by atoms with Crippen LogP contribution in [0.3, 0.4) is 0 Å². The van der Waals surface area contributed by atoms with Gasteiger partial charge in [0.25, 0.3) is 5.91 Å². The van der Waals surface area contributed by atoms with E-state index >= 15 is 0 Å². The summed E-state index contributed by atoms with van der Waals surface area (Å²) in [7, 11) is -3.31. The van der Waals surface area contributed by atoms with Crippen molar-refractivity contribution in [2.45, 2.75) is 24.3 Å². The normalized spacial score (nSPS) is 18.7. The van der Waals surface area contributed by atoms with Crippen molar-refractivity contribution in [3.8, 4) is 0 Å². The highest BCUT2D eigenvalue weighted by Crippen LogP contribution is 2.17. The molecule has 2 rings (SSSR count). The van der Waals surface area contributed by atoms with Gasteiger partial charge in [0.05, 0.1) is 36.3 Å². The van der Waals surface area contributed by atoms with Crippen molar-refractivity contribution >= 4 is 21.7 Å². The van der Waals surface area contributed by atoms with Crippen LogP contribution in [0.15, 0.2) is 29.2 Å². The SMILES string of the molecule is CCS(=O)(=O)c1ccc(C(=O)N2CCOCC2CC(=O)O)cc1. The Hall–Kier alpha value is -1.93. The van der Waals surface area contributed by atoms with Gasteiger partial charge in [-0.05, 0) is 24.3 Å². The molecule has 1 aliphatic rings. The number of carbonyl (C=O) groups excluding carboxylic acids is 1. The molecule has 1 amide bonds. The van der Waals surface area contributed by atoms with E-state index in [1.54, 1.807) is 6.92 Å². The number of amides is 1. The summed E-state index contributed by atoms with van der Waals surface area (Å²) in [5, 5.41) is 8.93. The molecule has 0 aliphatic carbocycles. The molecule has 1 N–H and O–H groups in total. The summed E-state index contributed by atoms with van der Waals surface area (Å²) in [6, 6.07) is 5.20. The minimum Gasteiger partial charge on any atom is -0.481 e. The first kappa shape index (κ1) is 17.4. The lowest BCUT2D eigenvalue weighted by Gasteiger charge is -2.34. The number of sulfone groups is 1. The van der Waals surface area contributed by atoms with Gasteiger partial charge in [0.15, 0.2) is 9.84 Å². The standard InChI is InChI=1S/C15H19NO6S/c1-2-23(20,21)13-5-3-11(4-6-13)15(19)16-7-8-22-10-12(16)9-14(17)18/h3-6,12H,2,7-10H2,1H3,(H,17,18). The smallest absolute Gasteiger partial charge is 0.305 e. The molecule has 1 aromatic rings. The first-order chi connectivity index (χ1) is 10.8. The number of morpholine rings is 1. The summed E-state index contributed by atoms with van der Waals surface area (Å²) >= 11 is 0. The summed E-state index contributed by atoms with van der Waals surface area (Å²) in [4.78, 5) is 25.1. The van der Waals surface area contributed by atoms with Gasteiger partial charge >= 0.3 is 5.97 Å². The Morgan fingerprint density at radius 2 is 1.96 bits per heavy atom. The van der Waals surface area contributed by atoms with Crippen molar-refractivity contribution in [3.63, 3.8) is 0 Å². The highest BCUT2D eigenvalue weighted by molar-refractivity contribution is 7.91. The third-order valence-corrected chi connectivity index (χ3v) is 5.49. The number of rotatable bonds is 5. The fraction of sp³-hybridized carbons (Fsp3) is 0.467. The Kier molecular flexibility index (Phi) is 5.38. The molecular formula is C15H19NO6S. The molecule has 8 heteroatoms. The number of carboxylic acid groups (broad SMARTS) is 1. The predicted octanol–water partition coefficient (Wildman–Crippen LogP) is 0.796. The Balaban J connectivity index is 2.20. The molecular weight excluding hydrogens is 322 g/mol. The summed E-state index contributed by atoms with van der Waals surface area (Å²) in [5.74, 6) is -1.33. The summed E-state index contributed by atoms with van der Waals surface area (Å²) in [5.41, 5.74) is 0.331. The van der Waals surface area contributed by atoms with Crippen LogP contribution in [-0.4, -0.2) is 61.9 Å². The maximum absolute atomic E-state index is 12.6. The predicted molar refractivity (Wildman–Crippen MR) is 82.1 cm³/mol. The molecule has 1 saturated heterocycles. The number of ether oxygens (including phenoxy) is 1. The van der Waals surface area contributed by atoms with Crippen LogP contribution in [0.2, 0.25) is 0 Å². The van der Waals surface area contributed by atoms with Crippen LogP contribution < -0.4 is 0 Å². The summed E-state index contributed by atoms with van der Waals surface area (Å²) in [6.45, 7) is 2.40. The molecule has 1 unspecified atom stereocenters. The average molecular weight is 341 g/mol. The van der Waals surface area contributed by atoms with Crippen molar-refractivity contribution in [1.29, 1.82) is 0 Å². The van der Waals surface area contributed by atoms with Crippen molar-refractivity contribution in [2.24, 2.45) is 0 Å². The van der Waals surface area contributed by atoms with Gasteiger partial charge in [-0.2, -0.15) is 0 Å². The van der Waals surface area contributed by atoms with Gasteiger partial charge in [0.2, 0.25) is 0 Å². The lowest BCUT2D eigenvalue weighted by Crippen LogP contribution is -2.49. The number of hydrogen-bond acceptors (Lipinski definition) is 5. The third-order valence-electron chi connectivity index (χ3n) is 3.74. The Labute approximate surface area is 134 Å². The zero-order valence-electron chi connectivity index (χ0n) is 12.8. The van der Waals surface area contributed by atoms with E-state index < -0.39 is 21.8 Å². The van der Waals surface area contributed by atoms with E-state index in [1.165, 1.54) is 29.2 Å². The number of hydrogen-bond donors (Lipinski definition) is 1. The van der Waals surface area contributed by atoms with Crippen molar-refractivity contribution in [2.75, 3.05) is 25.5 Å². The van der Waals surface area contributed by atoms with E-state index in [9.17, 15) is 18.0 Å². The molecule has 23 heavy (non-hydrogen) atoms. The van der Waals surface area contributed by atoms with Gasteiger partial charge in [-0.25, -0.2) is 8.42 Å². The second kappa shape index (κ2) is 7.10. The number of carbonyl (C=O) groups is 2. The van der Waals surface area contributed by atoms with E-state index in [0.717, 1.165) is 0 Å². The highest BCUT2D eigenvalue weighted by Gasteiger charge is 2.29. The van der Waals surface area contributed by atoms with Crippen LogP contribution in [0.25, 0.3) is 0 Å². The van der Waals surface area contributed by atoms with Crippen LogP contribution in [0.5, 0.6) is 0 Å². The van der Waals surface area contributed by atoms with Crippen LogP contribution in [0.1, 0.15) is 23.7 Å². The first-order valence-corrected chi connectivity index (χ1v) is 8.93. The highest BCUT2D eigenvalue weighted by atomic mass is 32.2. The number of nitrogens with zero attached hydrogens (tertiary/aromatic N) is 1. The molecule has 0 spiro atoms. The number of aliphatic carboxylic acids is 1. The maximum atomic E-state index is 12.6. The van der Waals surface area contributed by atoms with E-state index in [-0.39, 0.29) is 29.6 Å². The van der Waals surface area contributed by atoms with Gasteiger partial charge in [0, 0.05) is 12.1 Å². The largest absolute Gasteiger partial charge is 0.481 e. The summed E-state index contributed by atoms with van der Waals surface area (Å²) in [6.07, 6.45) is -0.186. The first-order valence-electron chi connectivity index (χ1n) is 7.28. The number of benzene rings is 1. The second-order valence-electron chi connectivity index (χ2n) is 5.25. The number of carboxylic acids is 1. The van der Waals surface area contributed by atoms with Gasteiger partial charge in [-0.3, -0.25) is 9.59 Å². The van der Waals surface area contributed by atoms with E-state index in [4.69, 9.17) is 9.84 Å². The average Bonchev–Trinajstić information content (AvgIpc) is 2.54. The van der Waals surface area contributed by atoms with Crippen LogP contribution in [0, 0.1) is 0 Å². The van der Waals surface area contributed by atoms with Gasteiger partial charge in [-0.1, -0.05) is 6.92 Å². The Morgan fingerprint density at radius 1 is 1.30 bits per heavy atom. The Morgan fingerprint density at radius 3 is 2.52 bits per heavy atom.